The van der Waals surface area contributed by atoms with Gasteiger partial charge in [-0.05, 0) is 13.0 Å². The number of phenols is 1. The van der Waals surface area contributed by atoms with E-state index in [0.29, 0.717) is 5.75 Å². The highest BCUT2D eigenvalue weighted by Crippen LogP contribution is 2.40. The third kappa shape index (κ3) is 1.18. The zero-order valence-electron chi connectivity index (χ0n) is 8.53. The van der Waals surface area contributed by atoms with E-state index >= 15 is 0 Å². The second kappa shape index (κ2) is 2.89. The molecule has 76 valence electrons. The van der Waals surface area contributed by atoms with E-state index in [1.807, 2.05) is 37.3 Å². The smallest absolute Gasteiger partial charge is 0.131 e. The minimum Gasteiger partial charge on any atom is -0.507 e. The van der Waals surface area contributed by atoms with Gasteiger partial charge in [0.05, 0.1) is 0 Å². The van der Waals surface area contributed by atoms with Crippen LogP contribution in [0, 0.1) is 0 Å². The van der Waals surface area contributed by atoms with E-state index in [1.165, 1.54) is 0 Å². The molecule has 0 spiro atoms. The van der Waals surface area contributed by atoms with Crippen molar-refractivity contribution in [2.24, 2.45) is 0 Å². The standard InChI is InChI=1S/C13H12O2/c1-8-6-9-7-12(14)10-4-2-3-5-11(10)13(9)15-8/h2-5,7-8,14H,6H2,1H3. The first-order valence-corrected chi connectivity index (χ1v) is 5.16. The van der Waals surface area contributed by atoms with Crippen LogP contribution in [0.15, 0.2) is 30.3 Å². The Kier molecular flexibility index (Phi) is 1.66. The largest absolute Gasteiger partial charge is 0.507 e. The van der Waals surface area contributed by atoms with Gasteiger partial charge in [-0.15, -0.1) is 0 Å². The lowest BCUT2D eigenvalue weighted by Crippen LogP contribution is -2.05. The van der Waals surface area contributed by atoms with Crippen LogP contribution in [0.4, 0.5) is 0 Å². The van der Waals surface area contributed by atoms with Crippen molar-refractivity contribution in [3.63, 3.8) is 0 Å². The second-order valence-corrected chi connectivity index (χ2v) is 4.06. The Morgan fingerprint density at radius 3 is 2.80 bits per heavy atom. The molecule has 0 aromatic heterocycles. The molecule has 1 heterocycles. The Morgan fingerprint density at radius 2 is 2.00 bits per heavy atom. The lowest BCUT2D eigenvalue weighted by atomic mass is 10.0. The first-order valence-electron chi connectivity index (χ1n) is 5.16. The van der Waals surface area contributed by atoms with Crippen molar-refractivity contribution in [1.82, 2.24) is 0 Å². The molecule has 0 bridgehead atoms. The van der Waals surface area contributed by atoms with Gasteiger partial charge in [-0.2, -0.15) is 0 Å². The molecule has 1 N–H and O–H groups in total. The fraction of sp³-hybridized carbons (Fsp3) is 0.231. The molecule has 0 saturated carbocycles. The van der Waals surface area contributed by atoms with Crippen LogP contribution in [0.3, 0.4) is 0 Å². The van der Waals surface area contributed by atoms with Gasteiger partial charge < -0.3 is 9.84 Å². The van der Waals surface area contributed by atoms with Crippen molar-refractivity contribution in [1.29, 1.82) is 0 Å². The summed E-state index contributed by atoms with van der Waals surface area (Å²) >= 11 is 0. The van der Waals surface area contributed by atoms with Crippen LogP contribution >= 0.6 is 0 Å². The van der Waals surface area contributed by atoms with E-state index in [-0.39, 0.29) is 6.10 Å². The monoisotopic (exact) mass is 200 g/mol. The summed E-state index contributed by atoms with van der Waals surface area (Å²) in [4.78, 5) is 0. The molecule has 1 unspecified atom stereocenters. The maximum Gasteiger partial charge on any atom is 0.131 e. The van der Waals surface area contributed by atoms with Crippen LogP contribution in [-0.4, -0.2) is 11.2 Å². The summed E-state index contributed by atoms with van der Waals surface area (Å²) in [5, 5.41) is 11.7. The van der Waals surface area contributed by atoms with Crippen LogP contribution in [0.5, 0.6) is 11.5 Å². The van der Waals surface area contributed by atoms with Crippen molar-refractivity contribution in [2.45, 2.75) is 19.4 Å². The second-order valence-electron chi connectivity index (χ2n) is 4.06. The van der Waals surface area contributed by atoms with Crippen LogP contribution in [-0.2, 0) is 6.42 Å². The highest BCUT2D eigenvalue weighted by Gasteiger charge is 2.22. The Balaban J connectivity index is 2.38. The molecule has 1 atom stereocenters. The molecular weight excluding hydrogens is 188 g/mol. The van der Waals surface area contributed by atoms with Crippen LogP contribution in [0.2, 0.25) is 0 Å². The van der Waals surface area contributed by atoms with Crippen LogP contribution in [0.1, 0.15) is 12.5 Å². The minimum absolute atomic E-state index is 0.213. The minimum atomic E-state index is 0.213. The van der Waals surface area contributed by atoms with Crippen molar-refractivity contribution < 1.29 is 9.84 Å². The molecule has 1 aliphatic rings. The quantitative estimate of drug-likeness (QED) is 0.708. The van der Waals surface area contributed by atoms with Gasteiger partial charge in [0.25, 0.3) is 0 Å². The summed E-state index contributed by atoms with van der Waals surface area (Å²) in [6.07, 6.45) is 1.10. The normalized spacial score (nSPS) is 18.9. The molecule has 2 heteroatoms. The summed E-state index contributed by atoms with van der Waals surface area (Å²) in [5.74, 6) is 1.29. The van der Waals surface area contributed by atoms with Gasteiger partial charge >= 0.3 is 0 Å². The molecule has 0 amide bonds. The third-order valence-corrected chi connectivity index (χ3v) is 2.88. The summed E-state index contributed by atoms with van der Waals surface area (Å²) in [6, 6.07) is 9.62. The average molecular weight is 200 g/mol. The molecule has 0 aliphatic carbocycles. The van der Waals surface area contributed by atoms with E-state index in [9.17, 15) is 5.11 Å². The Morgan fingerprint density at radius 1 is 1.27 bits per heavy atom. The van der Waals surface area contributed by atoms with Crippen molar-refractivity contribution in [3.05, 3.63) is 35.9 Å². The third-order valence-electron chi connectivity index (χ3n) is 2.88. The number of rotatable bonds is 0. The number of benzene rings is 2. The van der Waals surface area contributed by atoms with Gasteiger partial charge in [0.2, 0.25) is 0 Å². The lowest BCUT2D eigenvalue weighted by Gasteiger charge is -2.07. The van der Waals surface area contributed by atoms with Gasteiger partial charge in [0.15, 0.2) is 0 Å². The van der Waals surface area contributed by atoms with E-state index in [4.69, 9.17) is 4.74 Å². The van der Waals surface area contributed by atoms with Crippen molar-refractivity contribution in [2.75, 3.05) is 0 Å². The van der Waals surface area contributed by atoms with E-state index < -0.39 is 0 Å². The molecule has 3 rings (SSSR count). The Bertz CT molecular complexity index is 531. The number of hydrogen-bond donors (Lipinski definition) is 1. The molecule has 15 heavy (non-hydrogen) atoms. The molecule has 2 aromatic carbocycles. The molecule has 0 saturated heterocycles. The maximum atomic E-state index is 9.87. The SMILES string of the molecule is CC1Cc2cc(O)c3ccccc3c2O1. The molecule has 0 radical (unpaired) electrons. The summed E-state index contributed by atoms with van der Waals surface area (Å²) < 4.78 is 5.76. The Hall–Kier alpha value is -1.70. The molecule has 1 aliphatic heterocycles. The number of hydrogen-bond acceptors (Lipinski definition) is 2. The van der Waals surface area contributed by atoms with E-state index in [2.05, 4.69) is 0 Å². The topological polar surface area (TPSA) is 29.5 Å². The molecule has 2 nitrogen and oxygen atoms in total. The molecule has 2 aromatic rings. The molecule has 0 fully saturated rings. The zero-order chi connectivity index (χ0) is 10.4. The summed E-state index contributed by atoms with van der Waals surface area (Å²) in [6.45, 7) is 2.05. The van der Waals surface area contributed by atoms with Gasteiger partial charge in [-0.3, -0.25) is 0 Å². The van der Waals surface area contributed by atoms with Gasteiger partial charge in [-0.25, -0.2) is 0 Å². The highest BCUT2D eigenvalue weighted by molar-refractivity contribution is 5.94. The van der Waals surface area contributed by atoms with E-state index in [1.54, 1.807) is 0 Å². The number of fused-ring (bicyclic) bond motifs is 3. The number of aromatic hydroxyl groups is 1. The van der Waals surface area contributed by atoms with Crippen LogP contribution < -0.4 is 4.74 Å². The average Bonchev–Trinajstić information content (AvgIpc) is 2.59. The fourth-order valence-corrected chi connectivity index (χ4v) is 2.23. The maximum absolute atomic E-state index is 9.87. The van der Waals surface area contributed by atoms with Crippen molar-refractivity contribution in [3.8, 4) is 11.5 Å². The fourth-order valence-electron chi connectivity index (χ4n) is 2.23. The van der Waals surface area contributed by atoms with Crippen molar-refractivity contribution >= 4 is 10.8 Å². The lowest BCUT2D eigenvalue weighted by molar-refractivity contribution is 0.257. The van der Waals surface area contributed by atoms with Crippen LogP contribution in [0.25, 0.3) is 10.8 Å². The first kappa shape index (κ1) is 8.60. The molecular formula is C13H12O2. The zero-order valence-corrected chi connectivity index (χ0v) is 8.53. The predicted molar refractivity (Wildman–Crippen MR) is 59.4 cm³/mol. The Labute approximate surface area is 88.1 Å². The number of phenolic OH excluding ortho intramolecular Hbond substituents is 1. The highest BCUT2D eigenvalue weighted by atomic mass is 16.5. The summed E-state index contributed by atoms with van der Waals surface area (Å²) in [5.41, 5.74) is 1.11. The van der Waals surface area contributed by atoms with Gasteiger partial charge in [0.1, 0.15) is 17.6 Å². The van der Waals surface area contributed by atoms with E-state index in [0.717, 1.165) is 28.5 Å². The van der Waals surface area contributed by atoms with Gasteiger partial charge in [-0.1, -0.05) is 24.3 Å². The number of ether oxygens (including phenoxy) is 1. The van der Waals surface area contributed by atoms with Gasteiger partial charge in [0, 0.05) is 22.8 Å². The first-order chi connectivity index (χ1) is 7.25. The predicted octanol–water partition coefficient (Wildman–Crippen LogP) is 2.87. The summed E-state index contributed by atoms with van der Waals surface area (Å²) in [7, 11) is 0.